The minimum absolute atomic E-state index is 0.141. The second kappa shape index (κ2) is 8.63. The van der Waals surface area contributed by atoms with Gasteiger partial charge >= 0.3 is 0 Å². The van der Waals surface area contributed by atoms with Crippen LogP contribution in [0.5, 0.6) is 0 Å². The van der Waals surface area contributed by atoms with Crippen LogP contribution in [0.4, 0.5) is 0 Å². The van der Waals surface area contributed by atoms with Crippen LogP contribution in [0.1, 0.15) is 16.1 Å². The Labute approximate surface area is 190 Å². The van der Waals surface area contributed by atoms with E-state index in [9.17, 15) is 13.2 Å². The zero-order chi connectivity index (χ0) is 22.2. The van der Waals surface area contributed by atoms with Crippen molar-refractivity contribution in [3.8, 4) is 5.69 Å². The minimum atomic E-state index is -3.68. The Morgan fingerprint density at radius 3 is 2.29 bits per heavy atom. The van der Waals surface area contributed by atoms with Crippen molar-refractivity contribution >= 4 is 39.1 Å². The van der Waals surface area contributed by atoms with Gasteiger partial charge in [-0.3, -0.25) is 4.79 Å². The number of hydrogen-bond donors (Lipinski definition) is 0. The fraction of sp³-hybridized carbons (Fsp3) is 0.238. The maximum atomic E-state index is 13.2. The summed E-state index contributed by atoms with van der Waals surface area (Å²) in [6.07, 6.45) is 0. The van der Waals surface area contributed by atoms with E-state index in [-0.39, 0.29) is 42.1 Å². The summed E-state index contributed by atoms with van der Waals surface area (Å²) in [5.74, 6) is -0.260. The van der Waals surface area contributed by atoms with Gasteiger partial charge in [-0.05, 0) is 37.3 Å². The Bertz CT molecular complexity index is 1220. The molecule has 31 heavy (non-hydrogen) atoms. The van der Waals surface area contributed by atoms with E-state index >= 15 is 0 Å². The van der Waals surface area contributed by atoms with Crippen molar-refractivity contribution in [2.45, 2.75) is 11.8 Å². The third-order valence-electron chi connectivity index (χ3n) is 5.18. The number of carbonyl (C=O) groups excluding carboxylic acids is 1. The third kappa shape index (κ3) is 4.21. The number of piperazine rings is 1. The van der Waals surface area contributed by atoms with Gasteiger partial charge in [0.15, 0.2) is 0 Å². The molecule has 0 unspecified atom stereocenters. The monoisotopic (exact) mass is 478 g/mol. The summed E-state index contributed by atoms with van der Waals surface area (Å²) < 4.78 is 28.7. The lowest BCUT2D eigenvalue weighted by Gasteiger charge is -2.34. The van der Waals surface area contributed by atoms with Crippen LogP contribution in [-0.4, -0.2) is 59.5 Å². The first-order valence-corrected chi connectivity index (χ1v) is 11.8. The van der Waals surface area contributed by atoms with Gasteiger partial charge in [0.25, 0.3) is 5.91 Å². The van der Waals surface area contributed by atoms with Crippen molar-refractivity contribution in [3.63, 3.8) is 0 Å². The molecular formula is C21H20Cl2N4O3S. The predicted molar refractivity (Wildman–Crippen MR) is 119 cm³/mol. The maximum absolute atomic E-state index is 13.2. The normalized spacial score (nSPS) is 15.3. The van der Waals surface area contributed by atoms with E-state index < -0.39 is 10.0 Å². The Balaban J connectivity index is 1.51. The van der Waals surface area contributed by atoms with Gasteiger partial charge in [0, 0.05) is 31.2 Å². The van der Waals surface area contributed by atoms with Gasteiger partial charge in [-0.25, -0.2) is 13.1 Å². The first-order valence-electron chi connectivity index (χ1n) is 9.64. The Kier molecular flexibility index (Phi) is 6.07. The number of amides is 1. The van der Waals surface area contributed by atoms with Crippen LogP contribution in [-0.2, 0) is 10.0 Å². The van der Waals surface area contributed by atoms with Crippen LogP contribution in [0.15, 0.2) is 59.5 Å². The zero-order valence-corrected chi connectivity index (χ0v) is 19.0. The average molecular weight is 479 g/mol. The summed E-state index contributed by atoms with van der Waals surface area (Å²) in [7, 11) is -3.68. The highest BCUT2D eigenvalue weighted by Gasteiger charge is 2.32. The molecule has 0 N–H and O–H groups in total. The van der Waals surface area contributed by atoms with E-state index in [4.69, 9.17) is 23.2 Å². The molecule has 0 radical (unpaired) electrons. The van der Waals surface area contributed by atoms with E-state index in [1.54, 1.807) is 24.0 Å². The Morgan fingerprint density at radius 1 is 0.968 bits per heavy atom. The molecule has 1 saturated heterocycles. The number of halogens is 2. The molecule has 3 aromatic rings. The molecule has 7 nitrogen and oxygen atoms in total. The lowest BCUT2D eigenvalue weighted by molar-refractivity contribution is 0.0697. The number of aryl methyl sites for hydroxylation is 1. The molecule has 0 bridgehead atoms. The van der Waals surface area contributed by atoms with E-state index in [1.807, 2.05) is 30.3 Å². The average Bonchev–Trinajstić information content (AvgIpc) is 3.08. The second-order valence-corrected chi connectivity index (χ2v) is 9.88. The molecule has 1 aromatic heterocycles. The first-order chi connectivity index (χ1) is 14.8. The highest BCUT2D eigenvalue weighted by Crippen LogP contribution is 2.26. The number of aromatic nitrogens is 2. The van der Waals surface area contributed by atoms with Gasteiger partial charge in [-0.2, -0.15) is 9.40 Å². The van der Waals surface area contributed by atoms with Gasteiger partial charge in [-0.15, -0.1) is 0 Å². The number of benzene rings is 2. The molecular weight excluding hydrogens is 459 g/mol. The molecule has 0 aliphatic carbocycles. The first kappa shape index (κ1) is 21.8. The predicted octanol–water partition coefficient (Wildman–Crippen LogP) is 3.63. The molecule has 4 rings (SSSR count). The van der Waals surface area contributed by atoms with Crippen LogP contribution >= 0.6 is 23.2 Å². The summed E-state index contributed by atoms with van der Waals surface area (Å²) in [6.45, 7) is 2.61. The van der Waals surface area contributed by atoms with Gasteiger partial charge < -0.3 is 4.90 Å². The molecule has 1 aliphatic rings. The molecule has 1 aliphatic heterocycles. The zero-order valence-electron chi connectivity index (χ0n) is 16.7. The fourth-order valence-corrected chi connectivity index (χ4v) is 5.63. The van der Waals surface area contributed by atoms with E-state index in [2.05, 4.69) is 5.10 Å². The SMILES string of the molecule is Cc1nn(-c2ccccc2)c(Cl)c1C(=O)N1CCN(S(=O)(=O)c2cccc(Cl)c2)CC1. The summed E-state index contributed by atoms with van der Waals surface area (Å²) >= 11 is 12.5. The molecule has 10 heteroatoms. The standard InChI is InChI=1S/C21H20Cl2N4O3S/c1-15-19(20(23)27(24-15)17-7-3-2-4-8-17)21(28)25-10-12-26(13-11-25)31(29,30)18-9-5-6-16(22)14-18/h2-9,14H,10-13H2,1H3. The number of carbonyl (C=O) groups is 1. The molecule has 1 amide bonds. The van der Waals surface area contributed by atoms with Crippen LogP contribution in [0.25, 0.3) is 5.69 Å². The van der Waals surface area contributed by atoms with Crippen LogP contribution in [0.3, 0.4) is 0 Å². The molecule has 2 aromatic carbocycles. The fourth-order valence-electron chi connectivity index (χ4n) is 3.55. The van der Waals surface area contributed by atoms with Crippen LogP contribution in [0.2, 0.25) is 10.2 Å². The Morgan fingerprint density at radius 2 is 1.65 bits per heavy atom. The molecule has 2 heterocycles. The summed E-state index contributed by atoms with van der Waals surface area (Å²) in [5, 5.41) is 5.01. The second-order valence-electron chi connectivity index (χ2n) is 7.15. The van der Waals surface area contributed by atoms with Gasteiger partial charge in [0.2, 0.25) is 10.0 Å². The summed E-state index contributed by atoms with van der Waals surface area (Å²) in [4.78, 5) is 14.9. The number of nitrogens with zero attached hydrogens (tertiary/aromatic N) is 4. The number of hydrogen-bond acceptors (Lipinski definition) is 4. The topological polar surface area (TPSA) is 75.5 Å². The third-order valence-corrected chi connectivity index (χ3v) is 7.66. The van der Waals surface area contributed by atoms with E-state index in [1.165, 1.54) is 21.1 Å². The van der Waals surface area contributed by atoms with Crippen molar-refractivity contribution in [2.75, 3.05) is 26.2 Å². The van der Waals surface area contributed by atoms with E-state index in [0.29, 0.717) is 16.3 Å². The quantitative estimate of drug-likeness (QED) is 0.573. The largest absolute Gasteiger partial charge is 0.336 e. The van der Waals surface area contributed by atoms with Gasteiger partial charge in [0.1, 0.15) is 5.15 Å². The smallest absolute Gasteiger partial charge is 0.259 e. The number of para-hydroxylation sites is 1. The lowest BCUT2D eigenvalue weighted by Crippen LogP contribution is -2.50. The highest BCUT2D eigenvalue weighted by molar-refractivity contribution is 7.89. The van der Waals surface area contributed by atoms with Gasteiger partial charge in [-0.1, -0.05) is 47.5 Å². The molecule has 0 atom stereocenters. The maximum Gasteiger partial charge on any atom is 0.259 e. The van der Waals surface area contributed by atoms with Gasteiger partial charge in [0.05, 0.1) is 21.8 Å². The molecule has 0 saturated carbocycles. The highest BCUT2D eigenvalue weighted by atomic mass is 35.5. The summed E-state index contributed by atoms with van der Waals surface area (Å²) in [5.41, 5.74) is 1.61. The minimum Gasteiger partial charge on any atom is -0.336 e. The van der Waals surface area contributed by atoms with Crippen LogP contribution < -0.4 is 0 Å². The van der Waals surface area contributed by atoms with Crippen molar-refractivity contribution in [1.29, 1.82) is 0 Å². The molecule has 1 fully saturated rings. The lowest BCUT2D eigenvalue weighted by atomic mass is 10.2. The Hall–Kier alpha value is -2.39. The van der Waals surface area contributed by atoms with Crippen molar-refractivity contribution in [3.05, 3.63) is 76.0 Å². The molecule has 0 spiro atoms. The van der Waals surface area contributed by atoms with E-state index in [0.717, 1.165) is 5.69 Å². The summed E-state index contributed by atoms with van der Waals surface area (Å²) in [6, 6.07) is 15.5. The number of sulfonamides is 1. The van der Waals surface area contributed by atoms with Crippen molar-refractivity contribution < 1.29 is 13.2 Å². The van der Waals surface area contributed by atoms with Crippen molar-refractivity contribution in [1.82, 2.24) is 19.0 Å². The van der Waals surface area contributed by atoms with Crippen LogP contribution in [0, 0.1) is 6.92 Å². The number of rotatable bonds is 4. The van der Waals surface area contributed by atoms with Crippen molar-refractivity contribution in [2.24, 2.45) is 0 Å². The molecule has 162 valence electrons.